The molecule has 0 aliphatic rings. The maximum atomic E-state index is 11.7. The van der Waals surface area contributed by atoms with Crippen LogP contribution >= 0.6 is 11.3 Å². The van der Waals surface area contributed by atoms with Gasteiger partial charge < -0.3 is 5.11 Å². The second kappa shape index (κ2) is 7.21. The van der Waals surface area contributed by atoms with Crippen LogP contribution in [0.4, 0.5) is 0 Å². The van der Waals surface area contributed by atoms with Crippen LogP contribution < -0.4 is 0 Å². The molecular formula is C12H21NO3S2. The zero-order valence-electron chi connectivity index (χ0n) is 10.9. The van der Waals surface area contributed by atoms with Crippen LogP contribution in [-0.4, -0.2) is 30.9 Å². The third-order valence-electron chi connectivity index (χ3n) is 2.52. The van der Waals surface area contributed by atoms with Gasteiger partial charge in [-0.3, -0.25) is 0 Å². The van der Waals surface area contributed by atoms with Gasteiger partial charge in [0.15, 0.2) is 9.84 Å². The minimum absolute atomic E-state index is 0.00875. The number of sulfone groups is 1. The molecule has 0 atom stereocenters. The first-order valence-corrected chi connectivity index (χ1v) is 8.87. The van der Waals surface area contributed by atoms with E-state index >= 15 is 0 Å². The molecule has 104 valence electrons. The van der Waals surface area contributed by atoms with Gasteiger partial charge in [-0.25, -0.2) is 13.4 Å². The number of aliphatic hydroxyl groups is 1. The Balaban J connectivity index is 2.53. The monoisotopic (exact) mass is 291 g/mol. The van der Waals surface area contributed by atoms with Crippen molar-refractivity contribution in [3.05, 3.63) is 16.1 Å². The van der Waals surface area contributed by atoms with Crippen molar-refractivity contribution in [1.29, 1.82) is 0 Å². The largest absolute Gasteiger partial charge is 0.396 e. The first-order valence-electron chi connectivity index (χ1n) is 6.17. The van der Waals surface area contributed by atoms with Crippen LogP contribution in [0.3, 0.4) is 0 Å². The average molecular weight is 291 g/mol. The zero-order chi connectivity index (χ0) is 13.6. The van der Waals surface area contributed by atoms with Crippen LogP contribution in [0.5, 0.6) is 0 Å². The van der Waals surface area contributed by atoms with Gasteiger partial charge in [0, 0.05) is 12.0 Å². The molecule has 1 heterocycles. The summed E-state index contributed by atoms with van der Waals surface area (Å²) in [5, 5.41) is 11.5. The number of nitrogens with zero attached hydrogens (tertiary/aromatic N) is 1. The lowest BCUT2D eigenvalue weighted by atomic mass is 10.1. The van der Waals surface area contributed by atoms with Gasteiger partial charge in [-0.15, -0.1) is 11.3 Å². The van der Waals surface area contributed by atoms with Gasteiger partial charge in [-0.2, -0.15) is 0 Å². The van der Waals surface area contributed by atoms with Crippen LogP contribution in [0.25, 0.3) is 0 Å². The summed E-state index contributed by atoms with van der Waals surface area (Å²) in [5.41, 5.74) is 0.636. The molecule has 18 heavy (non-hydrogen) atoms. The molecule has 6 heteroatoms. The lowest BCUT2D eigenvalue weighted by Crippen LogP contribution is -2.10. The Morgan fingerprint density at radius 1 is 1.44 bits per heavy atom. The molecule has 1 aromatic heterocycles. The smallest absolute Gasteiger partial charge is 0.156 e. The minimum atomic E-state index is -3.13. The van der Waals surface area contributed by atoms with Crippen molar-refractivity contribution in [1.82, 2.24) is 4.98 Å². The van der Waals surface area contributed by atoms with Crippen molar-refractivity contribution < 1.29 is 13.5 Å². The number of aliphatic hydroxyl groups excluding tert-OH is 1. The van der Waals surface area contributed by atoms with E-state index in [2.05, 4.69) is 18.8 Å². The molecular weight excluding hydrogens is 270 g/mol. The van der Waals surface area contributed by atoms with Crippen molar-refractivity contribution in [2.45, 2.75) is 38.9 Å². The third-order valence-corrected chi connectivity index (χ3v) is 5.12. The van der Waals surface area contributed by atoms with Gasteiger partial charge in [0.1, 0.15) is 0 Å². The number of aromatic nitrogens is 1. The molecule has 1 rings (SSSR count). The fraction of sp³-hybridized carbons (Fsp3) is 0.750. The summed E-state index contributed by atoms with van der Waals surface area (Å²) >= 11 is 1.53. The highest BCUT2D eigenvalue weighted by Gasteiger charge is 2.14. The topological polar surface area (TPSA) is 67.3 Å². The molecule has 0 spiro atoms. The van der Waals surface area contributed by atoms with Crippen LogP contribution in [0.1, 0.15) is 37.4 Å². The Hall–Kier alpha value is -0.460. The summed E-state index contributed by atoms with van der Waals surface area (Å²) in [4.78, 5) is 4.35. The summed E-state index contributed by atoms with van der Waals surface area (Å²) in [6.07, 6.45) is 2.29. The predicted octanol–water partition coefficient (Wildman–Crippen LogP) is 2.03. The summed E-state index contributed by atoms with van der Waals surface area (Å²) < 4.78 is 23.4. The Labute approximate surface area is 113 Å². The van der Waals surface area contributed by atoms with Gasteiger partial charge in [-0.1, -0.05) is 13.8 Å². The number of hydrogen-bond acceptors (Lipinski definition) is 5. The molecule has 1 N–H and O–H groups in total. The molecule has 0 amide bonds. The highest BCUT2D eigenvalue weighted by molar-refractivity contribution is 7.90. The third kappa shape index (κ3) is 5.93. The van der Waals surface area contributed by atoms with E-state index in [0.29, 0.717) is 18.0 Å². The van der Waals surface area contributed by atoms with Crippen molar-refractivity contribution in [3.8, 4) is 0 Å². The number of thiazole rings is 1. The second-order valence-electron chi connectivity index (χ2n) is 4.83. The van der Waals surface area contributed by atoms with E-state index in [9.17, 15) is 8.42 Å². The normalized spacial score (nSPS) is 12.2. The van der Waals surface area contributed by atoms with E-state index in [4.69, 9.17) is 5.11 Å². The van der Waals surface area contributed by atoms with Crippen molar-refractivity contribution in [2.75, 3.05) is 12.4 Å². The van der Waals surface area contributed by atoms with Gasteiger partial charge in [0.25, 0.3) is 0 Å². The summed E-state index contributed by atoms with van der Waals surface area (Å²) in [7, 11) is -3.13. The van der Waals surface area contributed by atoms with Crippen LogP contribution in [-0.2, 0) is 22.0 Å². The first kappa shape index (κ1) is 15.6. The van der Waals surface area contributed by atoms with Gasteiger partial charge in [0.05, 0.1) is 22.2 Å². The predicted molar refractivity (Wildman–Crippen MR) is 74.5 cm³/mol. The van der Waals surface area contributed by atoms with E-state index in [-0.39, 0.29) is 18.1 Å². The zero-order valence-corrected chi connectivity index (χ0v) is 12.6. The van der Waals surface area contributed by atoms with Gasteiger partial charge >= 0.3 is 0 Å². The number of aryl methyl sites for hydroxylation is 1. The average Bonchev–Trinajstić information content (AvgIpc) is 2.70. The van der Waals surface area contributed by atoms with E-state index in [1.54, 1.807) is 0 Å². The lowest BCUT2D eigenvalue weighted by molar-refractivity contribution is 0.295. The Bertz CT molecular complexity index is 452. The van der Waals surface area contributed by atoms with Crippen LogP contribution in [0, 0.1) is 5.92 Å². The SMILES string of the molecule is CC(C)CCc1nc(CS(=O)(=O)CCCO)cs1. The number of hydrogen-bond donors (Lipinski definition) is 1. The van der Waals surface area contributed by atoms with Crippen LogP contribution in [0.2, 0.25) is 0 Å². The number of rotatable bonds is 8. The molecule has 0 aliphatic carbocycles. The fourth-order valence-corrected chi connectivity index (χ4v) is 3.76. The second-order valence-corrected chi connectivity index (χ2v) is 7.96. The Morgan fingerprint density at radius 2 is 2.17 bits per heavy atom. The van der Waals surface area contributed by atoms with Gasteiger partial charge in [-0.05, 0) is 25.2 Å². The molecule has 0 saturated carbocycles. The molecule has 0 radical (unpaired) electrons. The lowest BCUT2D eigenvalue weighted by Gasteiger charge is -2.01. The van der Waals surface area contributed by atoms with E-state index in [0.717, 1.165) is 17.8 Å². The molecule has 0 bridgehead atoms. The van der Waals surface area contributed by atoms with Crippen molar-refractivity contribution in [3.63, 3.8) is 0 Å². The molecule has 0 aromatic carbocycles. The Kier molecular flexibility index (Phi) is 6.25. The van der Waals surface area contributed by atoms with Gasteiger partial charge in [0.2, 0.25) is 0 Å². The molecule has 0 unspecified atom stereocenters. The maximum Gasteiger partial charge on any atom is 0.156 e. The highest BCUT2D eigenvalue weighted by atomic mass is 32.2. The molecule has 0 aliphatic heterocycles. The van der Waals surface area contributed by atoms with Crippen LogP contribution in [0.15, 0.2) is 5.38 Å². The fourth-order valence-electron chi connectivity index (χ4n) is 1.52. The summed E-state index contributed by atoms with van der Waals surface area (Å²) in [6.45, 7) is 4.23. The summed E-state index contributed by atoms with van der Waals surface area (Å²) in [6, 6.07) is 0. The maximum absolute atomic E-state index is 11.7. The molecule has 4 nitrogen and oxygen atoms in total. The van der Waals surface area contributed by atoms with Crippen molar-refractivity contribution in [2.24, 2.45) is 5.92 Å². The molecule has 1 aromatic rings. The van der Waals surface area contributed by atoms with E-state index in [1.807, 2.05) is 5.38 Å². The quantitative estimate of drug-likeness (QED) is 0.796. The van der Waals surface area contributed by atoms with E-state index in [1.165, 1.54) is 11.3 Å². The minimum Gasteiger partial charge on any atom is -0.396 e. The molecule has 0 fully saturated rings. The summed E-state index contributed by atoms with van der Waals surface area (Å²) in [5.74, 6) is 0.652. The Morgan fingerprint density at radius 3 is 2.78 bits per heavy atom. The standard InChI is InChI=1S/C12H21NO3S2/c1-10(2)4-5-12-13-11(8-17-12)9-18(15,16)7-3-6-14/h8,10,14H,3-7,9H2,1-2H3. The first-order chi connectivity index (χ1) is 8.43. The molecule has 0 saturated heterocycles. The van der Waals surface area contributed by atoms with Crippen molar-refractivity contribution >= 4 is 21.2 Å². The van der Waals surface area contributed by atoms with E-state index < -0.39 is 9.84 Å². The highest BCUT2D eigenvalue weighted by Crippen LogP contribution is 2.16.